The maximum atomic E-state index is 5.96. The Hall–Kier alpha value is 0.0749. The maximum absolute atomic E-state index is 5.96. The SMILES string of the molecule is C=CC(SCC)B1OC(C)(C)C(C)(C)O1. The Morgan fingerprint density at radius 1 is 1.27 bits per heavy atom. The molecule has 1 unspecified atom stereocenters. The molecular formula is C11H21BO2S. The minimum absolute atomic E-state index is 0.169. The Morgan fingerprint density at radius 2 is 1.73 bits per heavy atom. The zero-order valence-electron chi connectivity index (χ0n) is 10.4. The Balaban J connectivity index is 2.72. The summed E-state index contributed by atoms with van der Waals surface area (Å²) in [4.78, 5) is 0. The quantitative estimate of drug-likeness (QED) is 0.544. The molecule has 1 aliphatic heterocycles. The van der Waals surface area contributed by atoms with Gasteiger partial charge in [-0.25, -0.2) is 0 Å². The van der Waals surface area contributed by atoms with E-state index in [1.807, 2.05) is 17.8 Å². The fourth-order valence-corrected chi connectivity index (χ4v) is 2.26. The van der Waals surface area contributed by atoms with Gasteiger partial charge in [-0.1, -0.05) is 13.0 Å². The number of hydrogen-bond acceptors (Lipinski definition) is 3. The molecule has 0 amide bonds. The van der Waals surface area contributed by atoms with Crippen molar-refractivity contribution in [1.82, 2.24) is 0 Å². The summed E-state index contributed by atoms with van der Waals surface area (Å²) >= 11 is 1.81. The fourth-order valence-electron chi connectivity index (χ4n) is 1.47. The first-order chi connectivity index (χ1) is 6.84. The second-order valence-corrected chi connectivity index (χ2v) is 6.24. The van der Waals surface area contributed by atoms with Gasteiger partial charge in [-0.3, -0.25) is 0 Å². The van der Waals surface area contributed by atoms with E-state index in [9.17, 15) is 0 Å². The summed E-state index contributed by atoms with van der Waals surface area (Å²) in [5.74, 6) is 1.04. The third-order valence-electron chi connectivity index (χ3n) is 3.13. The molecule has 0 saturated carbocycles. The van der Waals surface area contributed by atoms with E-state index >= 15 is 0 Å². The molecule has 0 aromatic heterocycles. The molecule has 0 radical (unpaired) electrons. The molecule has 1 heterocycles. The molecule has 1 rings (SSSR count). The second kappa shape index (κ2) is 4.52. The van der Waals surface area contributed by atoms with Crippen molar-refractivity contribution in [3.05, 3.63) is 12.7 Å². The van der Waals surface area contributed by atoms with E-state index in [-0.39, 0.29) is 23.5 Å². The molecule has 1 aliphatic rings. The van der Waals surface area contributed by atoms with Gasteiger partial charge in [0.25, 0.3) is 0 Å². The van der Waals surface area contributed by atoms with Crippen molar-refractivity contribution in [3.63, 3.8) is 0 Å². The third kappa shape index (κ3) is 2.60. The van der Waals surface area contributed by atoms with Crippen LogP contribution < -0.4 is 0 Å². The first-order valence-corrected chi connectivity index (χ1v) is 6.48. The van der Waals surface area contributed by atoms with E-state index in [1.165, 1.54) is 0 Å². The van der Waals surface area contributed by atoms with Crippen molar-refractivity contribution in [1.29, 1.82) is 0 Å². The van der Waals surface area contributed by atoms with Crippen LogP contribution >= 0.6 is 11.8 Å². The maximum Gasteiger partial charge on any atom is 0.475 e. The molecule has 86 valence electrons. The molecule has 1 fully saturated rings. The van der Waals surface area contributed by atoms with E-state index in [4.69, 9.17) is 9.31 Å². The highest BCUT2D eigenvalue weighted by molar-refractivity contribution is 8.01. The van der Waals surface area contributed by atoms with Crippen molar-refractivity contribution in [2.24, 2.45) is 0 Å². The van der Waals surface area contributed by atoms with Crippen LogP contribution in [0.15, 0.2) is 12.7 Å². The highest BCUT2D eigenvalue weighted by Gasteiger charge is 2.53. The summed E-state index contributed by atoms with van der Waals surface area (Å²) in [5, 5.41) is 0.219. The molecule has 0 aliphatic carbocycles. The first-order valence-electron chi connectivity index (χ1n) is 5.44. The van der Waals surface area contributed by atoms with Gasteiger partial charge in [0.05, 0.1) is 16.4 Å². The van der Waals surface area contributed by atoms with Gasteiger partial charge in [0.2, 0.25) is 0 Å². The van der Waals surface area contributed by atoms with Crippen molar-refractivity contribution in [3.8, 4) is 0 Å². The zero-order valence-corrected chi connectivity index (χ0v) is 11.2. The Morgan fingerprint density at radius 3 is 2.07 bits per heavy atom. The van der Waals surface area contributed by atoms with Crippen LogP contribution in [0.5, 0.6) is 0 Å². The van der Waals surface area contributed by atoms with Crippen molar-refractivity contribution in [2.45, 2.75) is 51.0 Å². The minimum Gasteiger partial charge on any atom is -0.402 e. The highest BCUT2D eigenvalue weighted by Crippen LogP contribution is 2.39. The standard InChI is InChI=1S/C11H21BO2S/c1-7-9(15-8-2)12-13-10(3,4)11(5,6)14-12/h7,9H,1,8H2,2-6H3. The van der Waals surface area contributed by atoms with E-state index in [0.29, 0.717) is 0 Å². The fraction of sp³-hybridized carbons (Fsp3) is 0.818. The van der Waals surface area contributed by atoms with Crippen molar-refractivity contribution in [2.75, 3.05) is 5.75 Å². The molecule has 0 spiro atoms. The predicted octanol–water partition coefficient (Wildman–Crippen LogP) is 2.93. The summed E-state index contributed by atoms with van der Waals surface area (Å²) in [5.41, 5.74) is -0.486. The zero-order chi connectivity index (χ0) is 11.7. The van der Waals surface area contributed by atoms with Crippen molar-refractivity contribution >= 4 is 18.9 Å². The monoisotopic (exact) mass is 228 g/mol. The summed E-state index contributed by atoms with van der Waals surface area (Å²) in [7, 11) is -0.169. The minimum atomic E-state index is -0.243. The van der Waals surface area contributed by atoms with Gasteiger partial charge in [-0.2, -0.15) is 11.8 Å². The van der Waals surface area contributed by atoms with E-state index in [2.05, 4.69) is 41.2 Å². The lowest BCUT2D eigenvalue weighted by molar-refractivity contribution is 0.00578. The molecular weight excluding hydrogens is 207 g/mol. The van der Waals surface area contributed by atoms with Gasteiger partial charge in [-0.15, -0.1) is 6.58 Å². The lowest BCUT2D eigenvalue weighted by Crippen LogP contribution is -2.41. The molecule has 0 bridgehead atoms. The largest absolute Gasteiger partial charge is 0.475 e. The average molecular weight is 228 g/mol. The van der Waals surface area contributed by atoms with Gasteiger partial charge < -0.3 is 9.31 Å². The number of rotatable bonds is 4. The van der Waals surface area contributed by atoms with Gasteiger partial charge in [0.1, 0.15) is 0 Å². The van der Waals surface area contributed by atoms with Gasteiger partial charge in [0, 0.05) is 0 Å². The Bertz CT molecular complexity index is 225. The van der Waals surface area contributed by atoms with Crippen LogP contribution in [0.25, 0.3) is 0 Å². The van der Waals surface area contributed by atoms with Crippen LogP contribution in [0.1, 0.15) is 34.6 Å². The van der Waals surface area contributed by atoms with Crippen LogP contribution in [0, 0.1) is 0 Å². The van der Waals surface area contributed by atoms with Crippen LogP contribution in [-0.4, -0.2) is 29.2 Å². The van der Waals surface area contributed by atoms with Gasteiger partial charge >= 0.3 is 7.12 Å². The van der Waals surface area contributed by atoms with Crippen molar-refractivity contribution < 1.29 is 9.31 Å². The van der Waals surface area contributed by atoms with E-state index < -0.39 is 0 Å². The van der Waals surface area contributed by atoms with Crippen LogP contribution in [0.3, 0.4) is 0 Å². The van der Waals surface area contributed by atoms with Crippen LogP contribution in [-0.2, 0) is 9.31 Å². The highest BCUT2D eigenvalue weighted by atomic mass is 32.2. The molecule has 0 aromatic rings. The lowest BCUT2D eigenvalue weighted by atomic mass is 9.84. The predicted molar refractivity (Wildman–Crippen MR) is 68.2 cm³/mol. The van der Waals surface area contributed by atoms with Crippen LogP contribution in [0.4, 0.5) is 0 Å². The topological polar surface area (TPSA) is 18.5 Å². The molecule has 0 aromatic carbocycles. The average Bonchev–Trinajstić information content (AvgIpc) is 2.32. The second-order valence-electron chi connectivity index (χ2n) is 4.78. The Kier molecular flexibility index (Phi) is 3.96. The number of thioether (sulfide) groups is 1. The molecule has 2 nitrogen and oxygen atoms in total. The molecule has 0 N–H and O–H groups in total. The molecule has 1 atom stereocenters. The Labute approximate surface area is 97.9 Å². The normalized spacial score (nSPS) is 25.3. The summed E-state index contributed by atoms with van der Waals surface area (Å²) in [6, 6.07) is 0. The summed E-state index contributed by atoms with van der Waals surface area (Å²) in [6.45, 7) is 14.3. The smallest absolute Gasteiger partial charge is 0.402 e. The van der Waals surface area contributed by atoms with Gasteiger partial charge in [-0.05, 0) is 33.4 Å². The summed E-state index contributed by atoms with van der Waals surface area (Å²) < 4.78 is 11.9. The summed E-state index contributed by atoms with van der Waals surface area (Å²) in [6.07, 6.45) is 1.91. The molecule has 1 saturated heterocycles. The van der Waals surface area contributed by atoms with Gasteiger partial charge in [0.15, 0.2) is 0 Å². The van der Waals surface area contributed by atoms with E-state index in [0.717, 1.165) is 5.75 Å². The third-order valence-corrected chi connectivity index (χ3v) is 4.26. The number of hydrogen-bond donors (Lipinski definition) is 0. The van der Waals surface area contributed by atoms with E-state index in [1.54, 1.807) is 0 Å². The van der Waals surface area contributed by atoms with Crippen LogP contribution in [0.2, 0.25) is 0 Å². The molecule has 4 heteroatoms. The lowest BCUT2D eigenvalue weighted by Gasteiger charge is -2.32. The first kappa shape index (κ1) is 13.1. The molecule has 15 heavy (non-hydrogen) atoms.